The lowest BCUT2D eigenvalue weighted by atomic mass is 10.1. The first-order valence-electron chi connectivity index (χ1n) is 10.9. The Kier molecular flexibility index (Phi) is 6.20. The van der Waals surface area contributed by atoms with E-state index in [2.05, 4.69) is 16.4 Å². The number of aromatic nitrogens is 1. The number of rotatable bonds is 5. The van der Waals surface area contributed by atoms with Crippen LogP contribution in [0.4, 0.5) is 5.69 Å². The fourth-order valence-electron chi connectivity index (χ4n) is 3.85. The van der Waals surface area contributed by atoms with Gasteiger partial charge in [0.25, 0.3) is 0 Å². The molecule has 5 nitrogen and oxygen atoms in total. The fourth-order valence-corrected chi connectivity index (χ4v) is 4.35. The Hall–Kier alpha value is -3.80. The van der Waals surface area contributed by atoms with Gasteiger partial charge in [0.15, 0.2) is 5.58 Å². The summed E-state index contributed by atoms with van der Waals surface area (Å²) in [5.74, 6) is 1.31. The van der Waals surface area contributed by atoms with Crippen LogP contribution in [0.2, 0.25) is 10.0 Å². The van der Waals surface area contributed by atoms with Gasteiger partial charge < -0.3 is 14.2 Å². The zero-order valence-corrected chi connectivity index (χ0v) is 20.4. The van der Waals surface area contributed by atoms with Gasteiger partial charge in [0.05, 0.1) is 5.02 Å². The minimum absolute atomic E-state index is 0.298. The smallest absolute Gasteiger partial charge is 0.248 e. The Morgan fingerprint density at radius 1 is 0.971 bits per heavy atom. The Morgan fingerprint density at radius 3 is 2.66 bits per heavy atom. The second kappa shape index (κ2) is 9.45. The number of oxazole rings is 1. The molecule has 35 heavy (non-hydrogen) atoms. The number of hydrogen-bond acceptors (Lipinski definition) is 4. The first-order valence-corrected chi connectivity index (χ1v) is 11.6. The zero-order valence-electron chi connectivity index (χ0n) is 18.9. The second-order valence-corrected chi connectivity index (χ2v) is 9.02. The Balaban J connectivity index is 1.30. The van der Waals surface area contributed by atoms with Crippen LogP contribution in [-0.2, 0) is 4.79 Å². The first-order chi connectivity index (χ1) is 16.9. The number of nitrogens with zero attached hydrogens (tertiary/aromatic N) is 1. The lowest BCUT2D eigenvalue weighted by Crippen LogP contribution is -2.07. The lowest BCUT2D eigenvalue weighted by molar-refractivity contribution is -0.111. The normalized spacial score (nSPS) is 11.4. The fraction of sp³-hybridized carbons (Fsp3) is 0.0714. The van der Waals surface area contributed by atoms with Gasteiger partial charge in [0.1, 0.15) is 17.0 Å². The van der Waals surface area contributed by atoms with Gasteiger partial charge in [-0.05, 0) is 85.6 Å². The summed E-state index contributed by atoms with van der Waals surface area (Å²) in [7, 11) is 0. The number of furan rings is 1. The Morgan fingerprint density at radius 2 is 1.83 bits per heavy atom. The highest BCUT2D eigenvalue weighted by Crippen LogP contribution is 2.32. The highest BCUT2D eigenvalue weighted by atomic mass is 35.5. The van der Waals surface area contributed by atoms with Crippen molar-refractivity contribution in [1.82, 2.24) is 4.98 Å². The van der Waals surface area contributed by atoms with Crippen LogP contribution in [0.25, 0.3) is 40.0 Å². The van der Waals surface area contributed by atoms with Crippen molar-refractivity contribution in [3.8, 4) is 22.8 Å². The Labute approximate surface area is 212 Å². The van der Waals surface area contributed by atoms with Gasteiger partial charge in [-0.15, -0.1) is 0 Å². The van der Waals surface area contributed by atoms with Gasteiger partial charge in [-0.25, -0.2) is 4.98 Å². The molecule has 0 aliphatic carbocycles. The van der Waals surface area contributed by atoms with Crippen molar-refractivity contribution in [2.75, 3.05) is 5.32 Å². The number of hydrogen-bond donors (Lipinski definition) is 1. The molecular formula is C28H20Cl2N2O3. The molecule has 0 aliphatic rings. The first kappa shape index (κ1) is 23.0. The standard InChI is InChI=1S/C28H20Cl2N2O3/c1-16-12-17(2)27-24(13-16)32-28(35-27)18-4-3-5-20(14-18)31-26(33)11-8-21-7-10-25(34-21)22-9-6-19(29)15-23(22)30/h3-15H,1-2H3,(H,31,33)/b11-8-. The molecule has 174 valence electrons. The maximum atomic E-state index is 12.5. The van der Waals surface area contributed by atoms with Gasteiger partial charge in [0.2, 0.25) is 11.8 Å². The van der Waals surface area contributed by atoms with E-state index in [-0.39, 0.29) is 5.91 Å². The van der Waals surface area contributed by atoms with E-state index in [0.717, 1.165) is 33.4 Å². The summed E-state index contributed by atoms with van der Waals surface area (Å²) in [6, 6.07) is 20.2. The predicted molar refractivity (Wildman–Crippen MR) is 141 cm³/mol. The zero-order chi connectivity index (χ0) is 24.5. The highest BCUT2D eigenvalue weighted by molar-refractivity contribution is 6.36. The molecule has 1 amide bonds. The van der Waals surface area contributed by atoms with Crippen molar-refractivity contribution in [2.45, 2.75) is 13.8 Å². The van der Waals surface area contributed by atoms with Crippen LogP contribution < -0.4 is 5.32 Å². The van der Waals surface area contributed by atoms with Crippen LogP contribution in [-0.4, -0.2) is 10.9 Å². The van der Waals surface area contributed by atoms with Crippen molar-refractivity contribution in [1.29, 1.82) is 0 Å². The van der Waals surface area contributed by atoms with Gasteiger partial charge in [-0.3, -0.25) is 4.79 Å². The summed E-state index contributed by atoms with van der Waals surface area (Å²) in [4.78, 5) is 17.1. The Bertz CT molecular complexity index is 1600. The van der Waals surface area contributed by atoms with Crippen molar-refractivity contribution in [2.24, 2.45) is 0 Å². The molecule has 2 aromatic heterocycles. The van der Waals surface area contributed by atoms with Crippen LogP contribution >= 0.6 is 23.2 Å². The number of amides is 1. The third-order valence-electron chi connectivity index (χ3n) is 5.42. The quantitative estimate of drug-likeness (QED) is 0.245. The summed E-state index contributed by atoms with van der Waals surface area (Å²) in [5.41, 5.74) is 5.86. The average Bonchev–Trinajstić information content (AvgIpc) is 3.45. The summed E-state index contributed by atoms with van der Waals surface area (Å²) < 4.78 is 11.8. The van der Waals surface area contributed by atoms with Gasteiger partial charge in [0, 0.05) is 27.9 Å². The van der Waals surface area contributed by atoms with E-state index in [1.807, 2.05) is 38.1 Å². The summed E-state index contributed by atoms with van der Waals surface area (Å²) in [6.07, 6.45) is 3.00. The number of benzene rings is 3. The number of halogens is 2. The van der Waals surface area contributed by atoms with Crippen LogP contribution in [0.3, 0.4) is 0 Å². The maximum absolute atomic E-state index is 12.5. The molecule has 0 saturated carbocycles. The average molecular weight is 503 g/mol. The molecular weight excluding hydrogens is 483 g/mol. The molecule has 0 aliphatic heterocycles. The van der Waals surface area contributed by atoms with Gasteiger partial charge in [-0.1, -0.05) is 35.3 Å². The van der Waals surface area contributed by atoms with Crippen LogP contribution in [0.1, 0.15) is 16.9 Å². The summed E-state index contributed by atoms with van der Waals surface area (Å²) in [5, 5.41) is 3.90. The van der Waals surface area contributed by atoms with E-state index >= 15 is 0 Å². The molecule has 0 radical (unpaired) electrons. The van der Waals surface area contributed by atoms with Crippen molar-refractivity contribution >= 4 is 52.0 Å². The number of carbonyl (C=O) groups is 1. The SMILES string of the molecule is Cc1cc(C)c2oc(-c3cccc(NC(=O)/C=C\c4ccc(-c5ccc(Cl)cc5Cl)o4)c3)nc2c1. The number of fused-ring (bicyclic) bond motifs is 1. The van der Waals surface area contributed by atoms with E-state index in [4.69, 9.17) is 32.0 Å². The topological polar surface area (TPSA) is 68.3 Å². The van der Waals surface area contributed by atoms with Crippen molar-refractivity contribution < 1.29 is 13.6 Å². The molecule has 0 atom stereocenters. The minimum atomic E-state index is -0.298. The lowest BCUT2D eigenvalue weighted by Gasteiger charge is -2.03. The van der Waals surface area contributed by atoms with Crippen LogP contribution in [0.15, 0.2) is 81.6 Å². The summed E-state index contributed by atoms with van der Waals surface area (Å²) >= 11 is 12.2. The summed E-state index contributed by atoms with van der Waals surface area (Å²) in [6.45, 7) is 4.03. The van der Waals surface area contributed by atoms with E-state index in [0.29, 0.717) is 33.1 Å². The number of carbonyl (C=O) groups excluding carboxylic acids is 1. The largest absolute Gasteiger partial charge is 0.457 e. The third-order valence-corrected chi connectivity index (χ3v) is 5.97. The molecule has 0 bridgehead atoms. The number of anilines is 1. The third kappa shape index (κ3) is 5.02. The molecule has 3 aromatic carbocycles. The monoisotopic (exact) mass is 502 g/mol. The predicted octanol–water partition coefficient (Wildman–Crippen LogP) is 8.33. The molecule has 1 N–H and O–H groups in total. The van der Waals surface area contributed by atoms with Crippen molar-refractivity contribution in [3.63, 3.8) is 0 Å². The molecule has 5 aromatic rings. The molecule has 0 fully saturated rings. The van der Waals surface area contributed by atoms with E-state index in [1.54, 1.807) is 42.5 Å². The van der Waals surface area contributed by atoms with Gasteiger partial charge in [-0.2, -0.15) is 0 Å². The van der Waals surface area contributed by atoms with Crippen LogP contribution in [0.5, 0.6) is 0 Å². The van der Waals surface area contributed by atoms with Gasteiger partial charge >= 0.3 is 0 Å². The second-order valence-electron chi connectivity index (χ2n) is 8.18. The molecule has 0 unspecified atom stereocenters. The number of nitrogens with one attached hydrogen (secondary N) is 1. The highest BCUT2D eigenvalue weighted by Gasteiger charge is 2.12. The van der Waals surface area contributed by atoms with E-state index in [1.165, 1.54) is 6.08 Å². The molecule has 5 rings (SSSR count). The van der Waals surface area contributed by atoms with Crippen LogP contribution in [0, 0.1) is 13.8 Å². The molecule has 2 heterocycles. The molecule has 0 spiro atoms. The van der Waals surface area contributed by atoms with Crippen molar-refractivity contribution in [3.05, 3.63) is 99.7 Å². The number of aryl methyl sites for hydroxylation is 2. The maximum Gasteiger partial charge on any atom is 0.248 e. The van der Waals surface area contributed by atoms with E-state index in [9.17, 15) is 4.79 Å². The minimum Gasteiger partial charge on any atom is -0.457 e. The van der Waals surface area contributed by atoms with E-state index < -0.39 is 0 Å². The molecule has 0 saturated heterocycles. The molecule has 7 heteroatoms.